The summed E-state index contributed by atoms with van der Waals surface area (Å²) in [5, 5.41) is 0.510. The Labute approximate surface area is 177 Å². The Hall–Kier alpha value is -2.56. The first-order chi connectivity index (χ1) is 14.6. The van der Waals surface area contributed by atoms with Gasteiger partial charge in [0.05, 0.1) is 6.61 Å². The van der Waals surface area contributed by atoms with E-state index in [4.69, 9.17) is 13.9 Å². The zero-order valence-corrected chi connectivity index (χ0v) is 16.9. The highest BCUT2D eigenvalue weighted by Crippen LogP contribution is 2.64. The predicted molar refractivity (Wildman–Crippen MR) is 98.4 cm³/mol. The number of hydrogen-bond acceptors (Lipinski definition) is 5. The molecule has 1 aliphatic heterocycles. The fourth-order valence-electron chi connectivity index (χ4n) is 4.28. The number of alkyl halides is 6. The first-order valence-corrected chi connectivity index (χ1v) is 9.67. The summed E-state index contributed by atoms with van der Waals surface area (Å²) in [6, 6.07) is 6.72. The lowest BCUT2D eigenvalue weighted by Crippen LogP contribution is -2.73. The van der Waals surface area contributed by atoms with Crippen LogP contribution in [0.3, 0.4) is 0 Å². The van der Waals surface area contributed by atoms with Crippen molar-refractivity contribution in [3.63, 3.8) is 0 Å². The van der Waals surface area contributed by atoms with Gasteiger partial charge in [0.15, 0.2) is 11.4 Å². The van der Waals surface area contributed by atoms with E-state index in [2.05, 4.69) is 0 Å². The summed E-state index contributed by atoms with van der Waals surface area (Å²) >= 11 is 0. The Morgan fingerprint density at radius 1 is 1.00 bits per heavy atom. The number of fused-ring (bicyclic) bond motifs is 1. The van der Waals surface area contributed by atoms with Gasteiger partial charge < -0.3 is 13.9 Å². The number of halogens is 6. The van der Waals surface area contributed by atoms with Crippen LogP contribution in [0, 0.1) is 5.92 Å². The Morgan fingerprint density at radius 2 is 1.66 bits per heavy atom. The highest BCUT2D eigenvalue weighted by molar-refractivity contribution is 5.89. The molecule has 5 nitrogen and oxygen atoms in total. The molecule has 1 saturated heterocycles. The highest BCUT2D eigenvalue weighted by atomic mass is 19.3. The Balaban J connectivity index is 1.71. The summed E-state index contributed by atoms with van der Waals surface area (Å²) in [6.07, 6.45) is -2.85. The molecule has 2 heterocycles. The van der Waals surface area contributed by atoms with E-state index < -0.39 is 65.7 Å². The van der Waals surface area contributed by atoms with Gasteiger partial charge >= 0.3 is 23.4 Å². The topological polar surface area (TPSA) is 65.7 Å². The van der Waals surface area contributed by atoms with E-state index in [9.17, 15) is 35.9 Å². The molecule has 1 aliphatic carbocycles. The van der Waals surface area contributed by atoms with Gasteiger partial charge in [-0.3, -0.25) is 4.79 Å². The van der Waals surface area contributed by atoms with Crippen molar-refractivity contribution in [3.05, 3.63) is 40.8 Å². The second kappa shape index (κ2) is 6.72. The zero-order chi connectivity index (χ0) is 23.7. The normalized spacial score (nSPS) is 30.0. The van der Waals surface area contributed by atoms with Crippen LogP contribution < -0.4 is 10.4 Å². The van der Waals surface area contributed by atoms with Gasteiger partial charge in [0.2, 0.25) is 0 Å². The molecule has 11 heteroatoms. The van der Waals surface area contributed by atoms with Crippen LogP contribution >= 0.6 is 0 Å². The molecule has 2 fully saturated rings. The third-order valence-corrected chi connectivity index (χ3v) is 6.13. The number of hydrogen-bond donors (Lipinski definition) is 0. The molecule has 4 rings (SSSR count). The molecule has 0 N–H and O–H groups in total. The van der Waals surface area contributed by atoms with Crippen LogP contribution in [0.25, 0.3) is 11.0 Å². The maximum atomic E-state index is 15.0. The predicted octanol–water partition coefficient (Wildman–Crippen LogP) is 4.60. The van der Waals surface area contributed by atoms with Gasteiger partial charge in [0.1, 0.15) is 16.9 Å². The molecular formula is C21H18F6O5. The molecular weight excluding hydrogens is 446 g/mol. The third-order valence-electron chi connectivity index (χ3n) is 6.13. The fourth-order valence-corrected chi connectivity index (χ4v) is 4.28. The van der Waals surface area contributed by atoms with Gasteiger partial charge in [-0.2, -0.15) is 26.3 Å². The molecule has 0 radical (unpaired) electrons. The van der Waals surface area contributed by atoms with E-state index >= 15 is 0 Å². The number of ketones is 1. The third kappa shape index (κ3) is 3.04. The molecule has 1 aromatic heterocycles. The highest BCUT2D eigenvalue weighted by Gasteiger charge is 2.86. The number of Topliss-reactive ketones (excluding diaryl/α,β-unsaturated/α-hetero) is 1. The number of benzene rings is 1. The van der Waals surface area contributed by atoms with Gasteiger partial charge in [-0.25, -0.2) is 4.79 Å². The van der Waals surface area contributed by atoms with Gasteiger partial charge in [-0.05, 0) is 32.0 Å². The molecule has 2 unspecified atom stereocenters. The molecule has 0 amide bonds. The molecule has 1 aromatic carbocycles. The van der Waals surface area contributed by atoms with Crippen LogP contribution in [0.5, 0.6) is 5.75 Å². The molecule has 2 atom stereocenters. The van der Waals surface area contributed by atoms with E-state index in [1.807, 2.05) is 0 Å². The molecule has 32 heavy (non-hydrogen) atoms. The van der Waals surface area contributed by atoms with Gasteiger partial charge in [0, 0.05) is 36.3 Å². The number of rotatable bonds is 3. The smallest absolute Gasteiger partial charge is 0.374 e. The van der Waals surface area contributed by atoms with Crippen LogP contribution in [0.4, 0.5) is 26.3 Å². The van der Waals surface area contributed by atoms with Crippen molar-refractivity contribution < 1.29 is 45.0 Å². The Kier molecular flexibility index (Phi) is 4.75. The second-order valence-electron chi connectivity index (χ2n) is 8.62. The minimum Gasteiger partial charge on any atom is -0.493 e. The van der Waals surface area contributed by atoms with E-state index in [-0.39, 0.29) is 11.3 Å². The summed E-state index contributed by atoms with van der Waals surface area (Å²) in [5.74, 6) is -19.0. The monoisotopic (exact) mass is 464 g/mol. The summed E-state index contributed by atoms with van der Waals surface area (Å²) < 4.78 is 102. The van der Waals surface area contributed by atoms with Crippen molar-refractivity contribution in [2.45, 2.75) is 55.7 Å². The van der Waals surface area contributed by atoms with Crippen LogP contribution in [0.2, 0.25) is 0 Å². The van der Waals surface area contributed by atoms with Crippen LogP contribution in [-0.4, -0.2) is 41.4 Å². The molecule has 174 valence electrons. The Morgan fingerprint density at radius 3 is 2.28 bits per heavy atom. The first-order valence-electron chi connectivity index (χ1n) is 9.67. The quantitative estimate of drug-likeness (QED) is 0.491. The van der Waals surface area contributed by atoms with E-state index in [1.165, 1.54) is 30.3 Å². The summed E-state index contributed by atoms with van der Waals surface area (Å²) in [4.78, 5) is 23.6. The minimum atomic E-state index is -5.73. The molecule has 1 saturated carbocycles. The Bertz CT molecular complexity index is 1140. The SMILES string of the molecule is CC1(C)OC2(CC1=O)C(COc1ccc3ccc(=O)oc3c1)CC(F)(F)C(F)(F)C2(F)F. The van der Waals surface area contributed by atoms with Crippen molar-refractivity contribution in [1.82, 2.24) is 0 Å². The molecule has 2 aliphatic rings. The average molecular weight is 464 g/mol. The minimum absolute atomic E-state index is 0.0328. The molecule has 0 bridgehead atoms. The maximum absolute atomic E-state index is 15.0. The van der Waals surface area contributed by atoms with Gasteiger partial charge in [-0.1, -0.05) is 0 Å². The lowest BCUT2D eigenvalue weighted by atomic mass is 9.67. The van der Waals surface area contributed by atoms with Crippen molar-refractivity contribution in [2.24, 2.45) is 5.92 Å². The van der Waals surface area contributed by atoms with Gasteiger partial charge in [0.25, 0.3) is 0 Å². The van der Waals surface area contributed by atoms with Crippen LogP contribution in [0.1, 0.15) is 26.7 Å². The first kappa shape index (κ1) is 22.6. The molecule has 1 spiro atoms. The lowest BCUT2D eigenvalue weighted by molar-refractivity contribution is -0.402. The summed E-state index contributed by atoms with van der Waals surface area (Å²) in [5.41, 5.74) is -5.62. The fraction of sp³-hybridized carbons (Fsp3) is 0.524. The zero-order valence-electron chi connectivity index (χ0n) is 16.9. The van der Waals surface area contributed by atoms with Gasteiger partial charge in [-0.15, -0.1) is 0 Å². The number of ether oxygens (including phenoxy) is 2. The van der Waals surface area contributed by atoms with Crippen molar-refractivity contribution in [2.75, 3.05) is 6.61 Å². The van der Waals surface area contributed by atoms with Crippen molar-refractivity contribution in [3.8, 4) is 5.75 Å². The number of carbonyl (C=O) groups excluding carboxylic acids is 1. The van der Waals surface area contributed by atoms with E-state index in [0.29, 0.717) is 5.39 Å². The van der Waals surface area contributed by atoms with E-state index in [1.54, 1.807) is 0 Å². The summed E-state index contributed by atoms with van der Waals surface area (Å²) in [6.45, 7) is 1.37. The summed E-state index contributed by atoms with van der Waals surface area (Å²) in [7, 11) is 0. The average Bonchev–Trinajstić information content (AvgIpc) is 2.94. The standard InChI is InChI=1S/C21H18F6O5/c1-17(2)15(28)9-18(32-17)12(8-19(22,23)21(26,27)20(18,24)25)10-30-13-5-3-11-4-6-16(29)31-14(11)7-13/h3-7,12H,8-10H2,1-2H3. The second-order valence-corrected chi connectivity index (χ2v) is 8.62. The maximum Gasteiger partial charge on any atom is 0.374 e. The van der Waals surface area contributed by atoms with Crippen LogP contribution in [0.15, 0.2) is 39.5 Å². The van der Waals surface area contributed by atoms with Crippen molar-refractivity contribution >= 4 is 16.8 Å². The largest absolute Gasteiger partial charge is 0.493 e. The van der Waals surface area contributed by atoms with E-state index in [0.717, 1.165) is 13.8 Å². The molecule has 2 aromatic rings. The lowest BCUT2D eigenvalue weighted by Gasteiger charge is -2.51. The number of carbonyl (C=O) groups is 1. The van der Waals surface area contributed by atoms with Crippen LogP contribution in [-0.2, 0) is 9.53 Å². The van der Waals surface area contributed by atoms with Crippen molar-refractivity contribution in [1.29, 1.82) is 0 Å².